The third-order valence-electron chi connectivity index (χ3n) is 2.70. The number of carbonyl (C=O) groups is 1. The van der Waals surface area contributed by atoms with Crippen LogP contribution in [0.5, 0.6) is 5.88 Å². The van der Waals surface area contributed by atoms with Gasteiger partial charge in [-0.15, -0.1) is 0 Å². The monoisotopic (exact) mass is 327 g/mol. The fourth-order valence-corrected chi connectivity index (χ4v) is 1.67. The Bertz CT molecular complexity index is 744. The van der Waals surface area contributed by atoms with E-state index < -0.39 is 24.2 Å². The van der Waals surface area contributed by atoms with Crippen LogP contribution in [0.15, 0.2) is 41.5 Å². The normalized spacial score (nSPS) is 11.1. The first kappa shape index (κ1) is 16.5. The maximum atomic E-state index is 12.1. The summed E-state index contributed by atoms with van der Waals surface area (Å²) in [6.07, 6.45) is -1.80. The molecule has 0 aliphatic rings. The molecule has 0 aliphatic heterocycles. The lowest BCUT2D eigenvalue weighted by Crippen LogP contribution is -2.28. The highest BCUT2D eigenvalue weighted by atomic mass is 19.4. The maximum absolute atomic E-state index is 12.1. The molecule has 0 unspecified atom stereocenters. The number of aromatic amines is 1. The van der Waals surface area contributed by atoms with Crippen LogP contribution in [-0.2, 0) is 6.54 Å². The summed E-state index contributed by atoms with van der Waals surface area (Å²) in [6.45, 7) is -1.44. The number of hydrogen-bond donors (Lipinski definition) is 2. The van der Waals surface area contributed by atoms with Crippen molar-refractivity contribution in [1.29, 1.82) is 0 Å². The fourth-order valence-electron chi connectivity index (χ4n) is 1.67. The molecule has 2 N–H and O–H groups in total. The van der Waals surface area contributed by atoms with Gasteiger partial charge in [0.15, 0.2) is 6.61 Å². The van der Waals surface area contributed by atoms with Gasteiger partial charge >= 0.3 is 6.18 Å². The number of nitrogens with one attached hydrogen (secondary N) is 2. The predicted molar refractivity (Wildman–Crippen MR) is 74.0 cm³/mol. The number of pyridine rings is 2. The van der Waals surface area contributed by atoms with Gasteiger partial charge in [0, 0.05) is 25.0 Å². The van der Waals surface area contributed by atoms with Gasteiger partial charge in [-0.2, -0.15) is 13.2 Å². The van der Waals surface area contributed by atoms with Gasteiger partial charge in [0.25, 0.3) is 11.5 Å². The Morgan fingerprint density at radius 3 is 2.83 bits per heavy atom. The van der Waals surface area contributed by atoms with Crippen molar-refractivity contribution in [1.82, 2.24) is 15.3 Å². The minimum Gasteiger partial charge on any atom is -0.468 e. The van der Waals surface area contributed by atoms with Crippen LogP contribution in [0.3, 0.4) is 0 Å². The average Bonchev–Trinajstić information content (AvgIpc) is 2.51. The van der Waals surface area contributed by atoms with Gasteiger partial charge in [0.1, 0.15) is 5.56 Å². The van der Waals surface area contributed by atoms with E-state index in [4.69, 9.17) is 0 Å². The lowest BCUT2D eigenvalue weighted by molar-refractivity contribution is -0.154. The number of hydrogen-bond acceptors (Lipinski definition) is 4. The number of rotatable bonds is 5. The second-order valence-electron chi connectivity index (χ2n) is 4.50. The van der Waals surface area contributed by atoms with Gasteiger partial charge in [-0.25, -0.2) is 4.98 Å². The zero-order chi connectivity index (χ0) is 16.9. The summed E-state index contributed by atoms with van der Waals surface area (Å²) in [4.78, 5) is 29.3. The summed E-state index contributed by atoms with van der Waals surface area (Å²) in [6, 6.07) is 5.65. The number of carbonyl (C=O) groups excluding carboxylic acids is 1. The number of halogens is 3. The number of alkyl halides is 3. The van der Waals surface area contributed by atoms with Crippen molar-refractivity contribution < 1.29 is 22.7 Å². The van der Waals surface area contributed by atoms with Crippen molar-refractivity contribution >= 4 is 5.91 Å². The first-order valence-electron chi connectivity index (χ1n) is 6.45. The third-order valence-corrected chi connectivity index (χ3v) is 2.70. The van der Waals surface area contributed by atoms with Gasteiger partial charge in [-0.3, -0.25) is 9.59 Å². The molecule has 0 bridgehead atoms. The molecule has 0 fully saturated rings. The van der Waals surface area contributed by atoms with E-state index in [-0.39, 0.29) is 18.0 Å². The molecule has 9 heteroatoms. The van der Waals surface area contributed by atoms with Crippen LogP contribution in [-0.4, -0.2) is 28.7 Å². The van der Waals surface area contributed by atoms with Gasteiger partial charge < -0.3 is 15.0 Å². The van der Waals surface area contributed by atoms with Crippen LogP contribution in [0.4, 0.5) is 13.2 Å². The second kappa shape index (κ2) is 6.95. The Hall–Kier alpha value is -2.84. The fraction of sp³-hybridized carbons (Fsp3) is 0.214. The Balaban J connectivity index is 1.97. The molecule has 122 valence electrons. The van der Waals surface area contributed by atoms with Crippen LogP contribution in [0.2, 0.25) is 0 Å². The van der Waals surface area contributed by atoms with Gasteiger partial charge in [0.05, 0.1) is 0 Å². The minimum absolute atomic E-state index is 0.0120. The predicted octanol–water partition coefficient (Wildman–Crippen LogP) is 1.64. The van der Waals surface area contributed by atoms with Crippen LogP contribution in [0, 0.1) is 0 Å². The molecule has 2 aromatic rings. The molecular weight excluding hydrogens is 315 g/mol. The van der Waals surface area contributed by atoms with E-state index >= 15 is 0 Å². The van der Waals surface area contributed by atoms with E-state index in [1.165, 1.54) is 36.7 Å². The molecular formula is C14H12F3N3O3. The van der Waals surface area contributed by atoms with E-state index in [9.17, 15) is 22.8 Å². The molecule has 1 amide bonds. The molecule has 0 atom stereocenters. The smallest absolute Gasteiger partial charge is 0.422 e. The summed E-state index contributed by atoms with van der Waals surface area (Å²) in [7, 11) is 0. The van der Waals surface area contributed by atoms with Crippen LogP contribution in [0.1, 0.15) is 15.9 Å². The number of ether oxygens (including phenoxy) is 1. The Morgan fingerprint density at radius 2 is 2.13 bits per heavy atom. The van der Waals surface area contributed by atoms with Crippen molar-refractivity contribution in [2.45, 2.75) is 12.7 Å². The Kier molecular flexibility index (Phi) is 4.99. The van der Waals surface area contributed by atoms with Gasteiger partial charge in [-0.1, -0.05) is 0 Å². The van der Waals surface area contributed by atoms with Crippen molar-refractivity contribution in [3.63, 3.8) is 0 Å². The topological polar surface area (TPSA) is 84.1 Å². The summed E-state index contributed by atoms with van der Waals surface area (Å²) in [5, 5.41) is 2.49. The van der Waals surface area contributed by atoms with Gasteiger partial charge in [0.2, 0.25) is 5.88 Å². The summed E-state index contributed by atoms with van der Waals surface area (Å²) in [5.41, 5.74) is -0.109. The van der Waals surface area contributed by atoms with Crippen molar-refractivity contribution in [3.05, 3.63) is 58.1 Å². The minimum atomic E-state index is -4.46. The summed E-state index contributed by atoms with van der Waals surface area (Å²) in [5.74, 6) is -0.798. The molecule has 23 heavy (non-hydrogen) atoms. The van der Waals surface area contributed by atoms with E-state index in [2.05, 4.69) is 20.0 Å². The SMILES string of the molecule is O=C(NCc1ccnc(OCC(F)(F)F)c1)c1ccc[nH]c1=O. The second-order valence-corrected chi connectivity index (χ2v) is 4.50. The molecule has 2 aromatic heterocycles. The van der Waals surface area contributed by atoms with E-state index in [0.717, 1.165) is 0 Å². The molecule has 2 rings (SSSR count). The lowest BCUT2D eigenvalue weighted by Gasteiger charge is -2.09. The first-order chi connectivity index (χ1) is 10.8. The molecule has 2 heterocycles. The van der Waals surface area contributed by atoms with Crippen LogP contribution < -0.4 is 15.6 Å². The molecule has 0 aromatic carbocycles. The highest BCUT2D eigenvalue weighted by Crippen LogP contribution is 2.17. The maximum Gasteiger partial charge on any atom is 0.422 e. The number of aromatic nitrogens is 2. The highest BCUT2D eigenvalue weighted by molar-refractivity contribution is 5.93. The van der Waals surface area contributed by atoms with Crippen LogP contribution in [0.25, 0.3) is 0 Å². The van der Waals surface area contributed by atoms with E-state index in [1.54, 1.807) is 0 Å². The molecule has 0 radical (unpaired) electrons. The molecule has 0 saturated heterocycles. The van der Waals surface area contributed by atoms with Crippen molar-refractivity contribution in [2.24, 2.45) is 0 Å². The molecule has 0 saturated carbocycles. The van der Waals surface area contributed by atoms with Gasteiger partial charge in [-0.05, 0) is 23.8 Å². The zero-order valence-electron chi connectivity index (χ0n) is 11.7. The third kappa shape index (κ3) is 5.13. The van der Waals surface area contributed by atoms with E-state index in [1.807, 2.05) is 0 Å². The molecule has 0 spiro atoms. The summed E-state index contributed by atoms with van der Waals surface area (Å²) >= 11 is 0. The lowest BCUT2D eigenvalue weighted by atomic mass is 10.2. The van der Waals surface area contributed by atoms with E-state index in [0.29, 0.717) is 5.56 Å². The van der Waals surface area contributed by atoms with Crippen LogP contribution >= 0.6 is 0 Å². The first-order valence-corrected chi connectivity index (χ1v) is 6.45. The summed E-state index contributed by atoms with van der Waals surface area (Å²) < 4.78 is 40.8. The number of nitrogens with zero attached hydrogens (tertiary/aromatic N) is 1. The Labute approximate surface area is 128 Å². The Morgan fingerprint density at radius 1 is 1.35 bits per heavy atom. The molecule has 0 aliphatic carbocycles. The molecule has 6 nitrogen and oxygen atoms in total. The zero-order valence-corrected chi connectivity index (χ0v) is 11.7. The standard InChI is InChI=1S/C14H12F3N3O3/c15-14(16,17)8-23-11-6-9(3-5-18-11)7-20-13(22)10-2-1-4-19-12(10)21/h1-6H,7-8H2,(H,19,21)(H,20,22). The largest absolute Gasteiger partial charge is 0.468 e. The number of amides is 1. The van der Waals surface area contributed by atoms with Crippen molar-refractivity contribution in [3.8, 4) is 5.88 Å². The quantitative estimate of drug-likeness (QED) is 0.874. The average molecular weight is 327 g/mol. The number of H-pyrrole nitrogens is 1. The highest BCUT2D eigenvalue weighted by Gasteiger charge is 2.28. The van der Waals surface area contributed by atoms with Crippen molar-refractivity contribution in [2.75, 3.05) is 6.61 Å².